The lowest BCUT2D eigenvalue weighted by molar-refractivity contribution is -0.115. The number of nitrogens with zero attached hydrogens (tertiary/aromatic N) is 3. The first-order valence-electron chi connectivity index (χ1n) is 9.79. The SMILES string of the molecule is Cc1cc2nnc(SCCC(=O)Nc3ccccc3C(C)C)n2c2ccccc12. The Balaban J connectivity index is 1.47. The van der Waals surface area contributed by atoms with Crippen molar-refractivity contribution in [2.24, 2.45) is 0 Å². The number of aryl methyl sites for hydroxylation is 1. The number of hydrogen-bond acceptors (Lipinski definition) is 4. The van der Waals surface area contributed by atoms with Gasteiger partial charge in [0.25, 0.3) is 0 Å². The molecule has 0 unspecified atom stereocenters. The molecule has 0 radical (unpaired) electrons. The Morgan fingerprint density at radius 2 is 1.86 bits per heavy atom. The average Bonchev–Trinajstić information content (AvgIpc) is 3.11. The molecule has 0 atom stereocenters. The number of pyridine rings is 1. The van der Waals surface area contributed by atoms with Gasteiger partial charge in [0.2, 0.25) is 5.91 Å². The molecule has 0 saturated carbocycles. The van der Waals surface area contributed by atoms with E-state index >= 15 is 0 Å². The predicted molar refractivity (Wildman–Crippen MR) is 120 cm³/mol. The van der Waals surface area contributed by atoms with E-state index in [2.05, 4.69) is 65.0 Å². The first-order valence-corrected chi connectivity index (χ1v) is 10.8. The first kappa shape index (κ1) is 19.5. The van der Waals surface area contributed by atoms with Crippen LogP contribution in [0.3, 0.4) is 0 Å². The van der Waals surface area contributed by atoms with Crippen molar-refractivity contribution in [1.29, 1.82) is 0 Å². The molecule has 1 N–H and O–H groups in total. The fraction of sp³-hybridized carbons (Fsp3) is 0.261. The summed E-state index contributed by atoms with van der Waals surface area (Å²) in [6.45, 7) is 6.34. The molecular weight excluding hydrogens is 380 g/mol. The number of carbonyl (C=O) groups excluding carboxylic acids is 1. The molecule has 2 heterocycles. The Morgan fingerprint density at radius 3 is 2.69 bits per heavy atom. The highest BCUT2D eigenvalue weighted by Crippen LogP contribution is 2.27. The highest BCUT2D eigenvalue weighted by Gasteiger charge is 2.13. The van der Waals surface area contributed by atoms with Crippen molar-refractivity contribution in [2.45, 2.75) is 38.3 Å². The topological polar surface area (TPSA) is 59.3 Å². The van der Waals surface area contributed by atoms with Crippen molar-refractivity contribution in [3.05, 3.63) is 65.7 Å². The average molecular weight is 405 g/mol. The number of anilines is 1. The third-order valence-electron chi connectivity index (χ3n) is 4.99. The van der Waals surface area contributed by atoms with Crippen LogP contribution in [0.15, 0.2) is 59.8 Å². The van der Waals surface area contributed by atoms with Gasteiger partial charge in [-0.25, -0.2) is 0 Å². The second-order valence-electron chi connectivity index (χ2n) is 7.41. The van der Waals surface area contributed by atoms with Crippen molar-refractivity contribution < 1.29 is 4.79 Å². The number of thioether (sulfide) groups is 1. The third kappa shape index (κ3) is 3.98. The number of carbonyl (C=O) groups is 1. The van der Waals surface area contributed by atoms with Crippen LogP contribution in [0.25, 0.3) is 16.6 Å². The van der Waals surface area contributed by atoms with Crippen molar-refractivity contribution >= 4 is 39.9 Å². The smallest absolute Gasteiger partial charge is 0.225 e. The Morgan fingerprint density at radius 1 is 1.10 bits per heavy atom. The van der Waals surface area contributed by atoms with E-state index in [4.69, 9.17) is 0 Å². The molecule has 1 amide bonds. The van der Waals surface area contributed by atoms with Gasteiger partial charge in [-0.2, -0.15) is 0 Å². The van der Waals surface area contributed by atoms with Crippen LogP contribution in [0.2, 0.25) is 0 Å². The second kappa shape index (κ2) is 8.25. The summed E-state index contributed by atoms with van der Waals surface area (Å²) in [5.41, 5.74) is 5.15. The molecule has 4 aromatic rings. The number of fused-ring (bicyclic) bond motifs is 3. The number of aromatic nitrogens is 3. The minimum absolute atomic E-state index is 0.0140. The number of hydrogen-bond donors (Lipinski definition) is 1. The van der Waals surface area contributed by atoms with Gasteiger partial charge in [0.05, 0.1) is 5.52 Å². The highest BCUT2D eigenvalue weighted by molar-refractivity contribution is 7.99. The van der Waals surface area contributed by atoms with Crippen LogP contribution in [0.4, 0.5) is 5.69 Å². The van der Waals surface area contributed by atoms with Gasteiger partial charge in [0, 0.05) is 23.2 Å². The predicted octanol–water partition coefficient (Wildman–Crippen LogP) is 5.44. The number of para-hydroxylation sites is 2. The minimum Gasteiger partial charge on any atom is -0.326 e. The van der Waals surface area contributed by atoms with E-state index in [9.17, 15) is 4.79 Å². The Hall–Kier alpha value is -2.86. The van der Waals surface area contributed by atoms with Crippen LogP contribution in [-0.4, -0.2) is 26.3 Å². The molecule has 0 saturated heterocycles. The van der Waals surface area contributed by atoms with Gasteiger partial charge in [-0.05, 0) is 42.2 Å². The zero-order valence-electron chi connectivity index (χ0n) is 16.8. The fourth-order valence-corrected chi connectivity index (χ4v) is 4.42. The van der Waals surface area contributed by atoms with Crippen molar-refractivity contribution in [1.82, 2.24) is 14.6 Å². The summed E-state index contributed by atoms with van der Waals surface area (Å²) in [7, 11) is 0. The molecule has 6 heteroatoms. The fourth-order valence-electron chi connectivity index (χ4n) is 3.53. The van der Waals surface area contributed by atoms with Crippen LogP contribution < -0.4 is 5.32 Å². The Kier molecular flexibility index (Phi) is 5.53. The maximum atomic E-state index is 12.5. The van der Waals surface area contributed by atoms with Gasteiger partial charge in [-0.15, -0.1) is 10.2 Å². The summed E-state index contributed by atoms with van der Waals surface area (Å²) in [5, 5.41) is 13.7. The third-order valence-corrected chi connectivity index (χ3v) is 5.92. The quantitative estimate of drug-likeness (QED) is 0.435. The molecular formula is C23H24N4OS. The molecule has 5 nitrogen and oxygen atoms in total. The van der Waals surface area contributed by atoms with Crippen LogP contribution in [-0.2, 0) is 4.79 Å². The summed E-state index contributed by atoms with van der Waals surface area (Å²) in [5.74, 6) is 1.01. The van der Waals surface area contributed by atoms with Crippen LogP contribution in [0, 0.1) is 6.92 Å². The largest absolute Gasteiger partial charge is 0.326 e. The minimum atomic E-state index is 0.0140. The lowest BCUT2D eigenvalue weighted by Crippen LogP contribution is -2.14. The molecule has 0 aliphatic rings. The van der Waals surface area contributed by atoms with Gasteiger partial charge in [-0.3, -0.25) is 9.20 Å². The molecule has 4 rings (SSSR count). The first-order chi connectivity index (χ1) is 14.0. The Bertz CT molecular complexity index is 1180. The second-order valence-corrected chi connectivity index (χ2v) is 8.47. The van der Waals surface area contributed by atoms with E-state index in [1.807, 2.05) is 30.3 Å². The molecule has 29 heavy (non-hydrogen) atoms. The summed E-state index contributed by atoms with van der Waals surface area (Å²) >= 11 is 1.56. The molecule has 0 aliphatic heterocycles. The number of benzene rings is 2. The van der Waals surface area contributed by atoms with E-state index in [1.54, 1.807) is 11.8 Å². The molecule has 0 spiro atoms. The van der Waals surface area contributed by atoms with Gasteiger partial charge >= 0.3 is 0 Å². The van der Waals surface area contributed by atoms with Gasteiger partial charge in [0.1, 0.15) is 0 Å². The summed E-state index contributed by atoms with van der Waals surface area (Å²) in [4.78, 5) is 12.5. The molecule has 0 bridgehead atoms. The van der Waals surface area contributed by atoms with Crippen molar-refractivity contribution in [3.8, 4) is 0 Å². The summed E-state index contributed by atoms with van der Waals surface area (Å²) in [6, 6.07) is 18.3. The lowest BCUT2D eigenvalue weighted by Gasteiger charge is -2.13. The molecule has 2 aromatic heterocycles. The maximum absolute atomic E-state index is 12.5. The van der Waals surface area contributed by atoms with E-state index in [0.29, 0.717) is 18.1 Å². The zero-order valence-corrected chi connectivity index (χ0v) is 17.7. The monoisotopic (exact) mass is 404 g/mol. The molecule has 0 fully saturated rings. The van der Waals surface area contributed by atoms with Crippen LogP contribution >= 0.6 is 11.8 Å². The van der Waals surface area contributed by atoms with E-state index in [-0.39, 0.29) is 5.91 Å². The number of amides is 1. The van der Waals surface area contributed by atoms with Crippen molar-refractivity contribution in [3.63, 3.8) is 0 Å². The van der Waals surface area contributed by atoms with E-state index in [1.165, 1.54) is 10.9 Å². The standard InChI is InChI=1S/C23H24N4OS/c1-15(2)17-8-4-6-10-19(17)24-22(28)12-13-29-23-26-25-21-14-16(3)18-9-5-7-11-20(18)27(21)23/h4-11,14-15H,12-13H2,1-3H3,(H,24,28). The highest BCUT2D eigenvalue weighted by atomic mass is 32.2. The van der Waals surface area contributed by atoms with Gasteiger partial charge < -0.3 is 5.32 Å². The zero-order chi connectivity index (χ0) is 20.4. The summed E-state index contributed by atoms with van der Waals surface area (Å²) in [6.07, 6.45) is 0.413. The number of nitrogens with one attached hydrogen (secondary N) is 1. The van der Waals surface area contributed by atoms with Crippen LogP contribution in [0.1, 0.15) is 37.3 Å². The Labute approximate surface area is 174 Å². The lowest BCUT2D eigenvalue weighted by atomic mass is 10.0. The van der Waals surface area contributed by atoms with E-state index in [0.717, 1.165) is 27.6 Å². The maximum Gasteiger partial charge on any atom is 0.225 e. The van der Waals surface area contributed by atoms with Gasteiger partial charge in [0.15, 0.2) is 10.8 Å². The van der Waals surface area contributed by atoms with Gasteiger partial charge in [-0.1, -0.05) is 62.0 Å². The normalized spacial score (nSPS) is 11.4. The van der Waals surface area contributed by atoms with Crippen molar-refractivity contribution in [2.75, 3.05) is 11.1 Å². The molecule has 2 aromatic carbocycles. The summed E-state index contributed by atoms with van der Waals surface area (Å²) < 4.78 is 2.07. The van der Waals surface area contributed by atoms with E-state index < -0.39 is 0 Å². The number of rotatable bonds is 6. The molecule has 0 aliphatic carbocycles. The molecule has 148 valence electrons. The van der Waals surface area contributed by atoms with Crippen LogP contribution in [0.5, 0.6) is 0 Å².